The highest BCUT2D eigenvalue weighted by molar-refractivity contribution is 5.92. The van der Waals surface area contributed by atoms with Gasteiger partial charge >= 0.3 is 0 Å². The van der Waals surface area contributed by atoms with Crippen molar-refractivity contribution in [3.8, 4) is 0 Å². The Kier molecular flexibility index (Phi) is 3.40. The number of anilines is 1. The number of hydrogen-bond acceptors (Lipinski definition) is 3. The number of nitrogens with zero attached hydrogens (tertiary/aromatic N) is 1. The molecule has 0 aliphatic heterocycles. The van der Waals surface area contributed by atoms with Gasteiger partial charge in [0.05, 0.1) is 11.9 Å². The summed E-state index contributed by atoms with van der Waals surface area (Å²) in [7, 11) is 0. The van der Waals surface area contributed by atoms with E-state index in [9.17, 15) is 4.79 Å². The van der Waals surface area contributed by atoms with Crippen molar-refractivity contribution in [3.05, 3.63) is 24.5 Å². The normalized spacial score (nSPS) is 12.2. The maximum atomic E-state index is 11.3. The van der Waals surface area contributed by atoms with E-state index < -0.39 is 0 Å². The van der Waals surface area contributed by atoms with Crippen molar-refractivity contribution in [3.63, 3.8) is 0 Å². The van der Waals surface area contributed by atoms with Gasteiger partial charge in [0.1, 0.15) is 0 Å². The van der Waals surface area contributed by atoms with Crippen LogP contribution in [0.4, 0.5) is 5.69 Å². The lowest BCUT2D eigenvalue weighted by molar-refractivity contribution is -0.119. The second-order valence-corrected chi connectivity index (χ2v) is 2.87. The zero-order chi connectivity index (χ0) is 9.68. The van der Waals surface area contributed by atoms with Crippen molar-refractivity contribution in [2.45, 2.75) is 6.92 Å². The molecule has 1 heterocycles. The van der Waals surface area contributed by atoms with Crippen LogP contribution in [0.2, 0.25) is 0 Å². The maximum absolute atomic E-state index is 11.3. The molecule has 1 rings (SSSR count). The fraction of sp³-hybridized carbons (Fsp3) is 0.333. The number of nitrogens with two attached hydrogens (primary N) is 1. The van der Waals surface area contributed by atoms with Crippen LogP contribution in [-0.2, 0) is 4.79 Å². The van der Waals surface area contributed by atoms with Crippen molar-refractivity contribution in [1.29, 1.82) is 0 Å². The summed E-state index contributed by atoms with van der Waals surface area (Å²) in [6, 6.07) is 3.55. The molecule has 1 amide bonds. The Morgan fingerprint density at radius 2 is 2.54 bits per heavy atom. The Morgan fingerprint density at radius 3 is 3.08 bits per heavy atom. The van der Waals surface area contributed by atoms with Crippen LogP contribution in [0.25, 0.3) is 0 Å². The van der Waals surface area contributed by atoms with Gasteiger partial charge in [0.2, 0.25) is 5.91 Å². The third-order valence-corrected chi connectivity index (χ3v) is 1.73. The first-order valence-electron chi connectivity index (χ1n) is 4.15. The first-order chi connectivity index (χ1) is 6.24. The van der Waals surface area contributed by atoms with E-state index in [0.717, 1.165) is 0 Å². The highest BCUT2D eigenvalue weighted by atomic mass is 16.1. The third kappa shape index (κ3) is 2.83. The third-order valence-electron chi connectivity index (χ3n) is 1.73. The van der Waals surface area contributed by atoms with Crippen LogP contribution in [0.5, 0.6) is 0 Å². The van der Waals surface area contributed by atoms with Crippen molar-refractivity contribution < 1.29 is 4.79 Å². The summed E-state index contributed by atoms with van der Waals surface area (Å²) in [6.45, 7) is 2.14. The molecule has 1 aromatic rings. The molecule has 0 aromatic carbocycles. The second kappa shape index (κ2) is 4.57. The molecule has 4 nitrogen and oxygen atoms in total. The molecule has 1 unspecified atom stereocenters. The molecule has 0 radical (unpaired) electrons. The van der Waals surface area contributed by atoms with Gasteiger partial charge in [-0.05, 0) is 12.1 Å². The zero-order valence-electron chi connectivity index (χ0n) is 7.53. The maximum Gasteiger partial charge on any atom is 0.228 e. The van der Waals surface area contributed by atoms with Gasteiger partial charge in [-0.1, -0.05) is 6.92 Å². The monoisotopic (exact) mass is 179 g/mol. The summed E-state index contributed by atoms with van der Waals surface area (Å²) in [4.78, 5) is 15.2. The molecule has 0 spiro atoms. The van der Waals surface area contributed by atoms with E-state index in [1.165, 1.54) is 0 Å². The highest BCUT2D eigenvalue weighted by Gasteiger charge is 2.09. The summed E-state index contributed by atoms with van der Waals surface area (Å²) in [5.74, 6) is -0.240. The van der Waals surface area contributed by atoms with Crippen LogP contribution in [0.15, 0.2) is 24.5 Å². The van der Waals surface area contributed by atoms with E-state index in [1.54, 1.807) is 31.5 Å². The summed E-state index contributed by atoms with van der Waals surface area (Å²) >= 11 is 0. The van der Waals surface area contributed by atoms with E-state index in [4.69, 9.17) is 5.73 Å². The quantitative estimate of drug-likeness (QED) is 0.714. The molecule has 0 aliphatic rings. The highest BCUT2D eigenvalue weighted by Crippen LogP contribution is 2.04. The number of carbonyl (C=O) groups is 1. The van der Waals surface area contributed by atoms with Crippen LogP contribution in [0.3, 0.4) is 0 Å². The van der Waals surface area contributed by atoms with Crippen LogP contribution < -0.4 is 11.1 Å². The fourth-order valence-corrected chi connectivity index (χ4v) is 0.809. The summed E-state index contributed by atoms with van der Waals surface area (Å²) in [6.07, 6.45) is 3.25. The minimum absolute atomic E-state index is 0.0736. The van der Waals surface area contributed by atoms with Crippen molar-refractivity contribution in [2.75, 3.05) is 11.9 Å². The van der Waals surface area contributed by atoms with E-state index >= 15 is 0 Å². The number of aromatic nitrogens is 1. The van der Waals surface area contributed by atoms with Gasteiger partial charge in [-0.15, -0.1) is 0 Å². The van der Waals surface area contributed by atoms with Gasteiger partial charge in [0.15, 0.2) is 0 Å². The molecular formula is C9H13N3O. The standard InChI is InChI=1S/C9H13N3O/c1-7(5-10)9(13)12-8-3-2-4-11-6-8/h2-4,6-7H,5,10H2,1H3,(H,12,13). The topological polar surface area (TPSA) is 68.0 Å². The molecule has 1 atom stereocenters. The Labute approximate surface area is 77.2 Å². The van der Waals surface area contributed by atoms with Crippen molar-refractivity contribution in [1.82, 2.24) is 4.98 Å². The van der Waals surface area contributed by atoms with Crippen molar-refractivity contribution in [2.24, 2.45) is 11.7 Å². The average Bonchev–Trinajstić information content (AvgIpc) is 2.18. The largest absolute Gasteiger partial charge is 0.330 e. The van der Waals surface area contributed by atoms with Crippen LogP contribution >= 0.6 is 0 Å². The summed E-state index contributed by atoms with van der Waals surface area (Å²) in [5, 5.41) is 2.71. The Balaban J connectivity index is 2.55. The second-order valence-electron chi connectivity index (χ2n) is 2.87. The van der Waals surface area contributed by atoms with Gasteiger partial charge in [-0.2, -0.15) is 0 Å². The lowest BCUT2D eigenvalue weighted by Crippen LogP contribution is -2.26. The van der Waals surface area contributed by atoms with Crippen LogP contribution in [0.1, 0.15) is 6.92 Å². The van der Waals surface area contributed by atoms with Gasteiger partial charge in [-0.25, -0.2) is 0 Å². The van der Waals surface area contributed by atoms with Gasteiger partial charge in [-0.3, -0.25) is 9.78 Å². The number of nitrogens with one attached hydrogen (secondary N) is 1. The molecule has 13 heavy (non-hydrogen) atoms. The molecular weight excluding hydrogens is 166 g/mol. The number of hydrogen-bond donors (Lipinski definition) is 2. The molecule has 0 bridgehead atoms. The Morgan fingerprint density at radius 1 is 1.77 bits per heavy atom. The van der Waals surface area contributed by atoms with Crippen LogP contribution in [0, 0.1) is 5.92 Å². The number of amides is 1. The summed E-state index contributed by atoms with van der Waals surface area (Å²) in [5.41, 5.74) is 6.05. The molecule has 4 heteroatoms. The lowest BCUT2D eigenvalue weighted by Gasteiger charge is -2.08. The number of rotatable bonds is 3. The molecule has 0 saturated carbocycles. The van der Waals surface area contributed by atoms with Gasteiger partial charge in [0.25, 0.3) is 0 Å². The molecule has 1 aromatic heterocycles. The van der Waals surface area contributed by atoms with E-state index in [-0.39, 0.29) is 11.8 Å². The first-order valence-corrected chi connectivity index (χ1v) is 4.15. The number of pyridine rings is 1. The Bertz CT molecular complexity index is 273. The molecule has 3 N–H and O–H groups in total. The molecule has 70 valence electrons. The molecule has 0 aliphatic carbocycles. The first kappa shape index (κ1) is 9.67. The molecule has 0 fully saturated rings. The van der Waals surface area contributed by atoms with E-state index in [2.05, 4.69) is 10.3 Å². The zero-order valence-corrected chi connectivity index (χ0v) is 7.53. The van der Waals surface area contributed by atoms with Crippen LogP contribution in [-0.4, -0.2) is 17.4 Å². The SMILES string of the molecule is CC(CN)C(=O)Nc1cccnc1. The minimum atomic E-state index is -0.166. The van der Waals surface area contributed by atoms with Crippen molar-refractivity contribution >= 4 is 11.6 Å². The van der Waals surface area contributed by atoms with E-state index in [0.29, 0.717) is 12.2 Å². The smallest absolute Gasteiger partial charge is 0.228 e. The fourth-order valence-electron chi connectivity index (χ4n) is 0.809. The molecule has 0 saturated heterocycles. The van der Waals surface area contributed by atoms with E-state index in [1.807, 2.05) is 0 Å². The average molecular weight is 179 g/mol. The predicted molar refractivity (Wildman–Crippen MR) is 51.1 cm³/mol. The van der Waals surface area contributed by atoms with Gasteiger partial charge in [0, 0.05) is 18.7 Å². The summed E-state index contributed by atoms with van der Waals surface area (Å²) < 4.78 is 0. The minimum Gasteiger partial charge on any atom is -0.330 e. The number of carbonyl (C=O) groups excluding carboxylic acids is 1. The van der Waals surface area contributed by atoms with Gasteiger partial charge < -0.3 is 11.1 Å². The predicted octanol–water partition coefficient (Wildman–Crippen LogP) is 0.615. The Hall–Kier alpha value is -1.42. The lowest BCUT2D eigenvalue weighted by atomic mass is 10.1.